The number of nitriles is 1. The molecule has 0 atom stereocenters. The van der Waals surface area contributed by atoms with Crippen molar-refractivity contribution in [1.29, 1.82) is 5.26 Å². The molecule has 23 heavy (non-hydrogen) atoms. The van der Waals surface area contributed by atoms with Gasteiger partial charge in [-0.2, -0.15) is 5.26 Å². The molecule has 0 amide bonds. The fourth-order valence-corrected chi connectivity index (χ4v) is 2.66. The Hall–Kier alpha value is -1.75. The van der Waals surface area contributed by atoms with Crippen molar-refractivity contribution in [3.05, 3.63) is 30.1 Å². The Bertz CT molecular complexity index is 513. The molecule has 0 bridgehead atoms. The van der Waals surface area contributed by atoms with Crippen LogP contribution >= 0.6 is 12.2 Å². The molecule has 1 aliphatic heterocycles. The summed E-state index contributed by atoms with van der Waals surface area (Å²) in [6, 6.07) is 6.11. The SMILES string of the molecule is N#CCCN(Cc1cccnc1)C(=S)NCCN1CCOCC1. The van der Waals surface area contributed by atoms with Crippen LogP contribution < -0.4 is 5.32 Å². The highest BCUT2D eigenvalue weighted by atomic mass is 32.1. The summed E-state index contributed by atoms with van der Waals surface area (Å²) >= 11 is 5.50. The van der Waals surface area contributed by atoms with E-state index in [0.29, 0.717) is 24.6 Å². The number of nitrogens with one attached hydrogen (secondary N) is 1. The molecule has 2 rings (SSSR count). The van der Waals surface area contributed by atoms with E-state index in [0.717, 1.165) is 45.0 Å². The second-order valence-corrected chi connectivity index (χ2v) is 5.76. The quantitative estimate of drug-likeness (QED) is 0.747. The Morgan fingerprint density at radius 3 is 3.00 bits per heavy atom. The first kappa shape index (κ1) is 17.6. The van der Waals surface area contributed by atoms with E-state index in [9.17, 15) is 0 Å². The van der Waals surface area contributed by atoms with Crippen molar-refractivity contribution in [3.63, 3.8) is 0 Å². The Labute approximate surface area is 143 Å². The molecule has 1 N–H and O–H groups in total. The third kappa shape index (κ3) is 6.48. The molecule has 6 nitrogen and oxygen atoms in total. The third-order valence-corrected chi connectivity index (χ3v) is 4.09. The van der Waals surface area contributed by atoms with Crippen LogP contribution in [0.1, 0.15) is 12.0 Å². The first-order valence-corrected chi connectivity index (χ1v) is 8.29. The van der Waals surface area contributed by atoms with Crippen LogP contribution in [0.25, 0.3) is 0 Å². The number of aromatic nitrogens is 1. The van der Waals surface area contributed by atoms with Crippen LogP contribution in [0.4, 0.5) is 0 Å². The number of hydrogen-bond acceptors (Lipinski definition) is 5. The largest absolute Gasteiger partial charge is 0.379 e. The van der Waals surface area contributed by atoms with Gasteiger partial charge >= 0.3 is 0 Å². The van der Waals surface area contributed by atoms with Gasteiger partial charge in [0.2, 0.25) is 0 Å². The number of thiocarbonyl (C=S) groups is 1. The Morgan fingerprint density at radius 1 is 1.48 bits per heavy atom. The van der Waals surface area contributed by atoms with E-state index >= 15 is 0 Å². The van der Waals surface area contributed by atoms with Crippen LogP contribution in [0.2, 0.25) is 0 Å². The van der Waals surface area contributed by atoms with Gasteiger partial charge in [-0.25, -0.2) is 0 Å². The summed E-state index contributed by atoms with van der Waals surface area (Å²) in [5.74, 6) is 0. The molecule has 7 heteroatoms. The molecule has 1 saturated heterocycles. The summed E-state index contributed by atoms with van der Waals surface area (Å²) in [4.78, 5) is 8.51. The van der Waals surface area contributed by atoms with Gasteiger partial charge in [-0.3, -0.25) is 9.88 Å². The van der Waals surface area contributed by atoms with Crippen LogP contribution in [0, 0.1) is 11.3 Å². The minimum Gasteiger partial charge on any atom is -0.379 e. The van der Waals surface area contributed by atoms with Gasteiger partial charge in [-0.1, -0.05) is 6.07 Å². The molecular formula is C16H23N5OS. The number of hydrogen-bond donors (Lipinski definition) is 1. The molecule has 124 valence electrons. The van der Waals surface area contributed by atoms with Crippen molar-refractivity contribution in [3.8, 4) is 6.07 Å². The highest BCUT2D eigenvalue weighted by Gasteiger charge is 2.12. The number of pyridine rings is 1. The minimum absolute atomic E-state index is 0.450. The first-order valence-electron chi connectivity index (χ1n) is 7.88. The van der Waals surface area contributed by atoms with Crippen LogP contribution in [0.15, 0.2) is 24.5 Å². The molecule has 0 unspecified atom stereocenters. The lowest BCUT2D eigenvalue weighted by Gasteiger charge is -2.28. The molecule has 2 heterocycles. The van der Waals surface area contributed by atoms with Crippen LogP contribution in [-0.4, -0.2) is 65.8 Å². The molecule has 0 aliphatic carbocycles. The van der Waals surface area contributed by atoms with Crippen molar-refractivity contribution >= 4 is 17.3 Å². The van der Waals surface area contributed by atoms with Crippen molar-refractivity contribution in [2.75, 3.05) is 45.9 Å². The summed E-state index contributed by atoms with van der Waals surface area (Å²) < 4.78 is 5.34. The van der Waals surface area contributed by atoms with E-state index in [2.05, 4.69) is 21.3 Å². The standard InChI is InChI=1S/C16H23N5OS/c17-4-2-7-21(14-15-3-1-5-18-13-15)16(23)19-6-8-20-9-11-22-12-10-20/h1,3,5,13H,2,6-12,14H2,(H,19,23). The van der Waals surface area contributed by atoms with E-state index in [1.165, 1.54) is 0 Å². The topological polar surface area (TPSA) is 64.4 Å². The maximum Gasteiger partial charge on any atom is 0.169 e. The van der Waals surface area contributed by atoms with Crippen molar-refractivity contribution in [2.24, 2.45) is 0 Å². The normalized spacial score (nSPS) is 14.9. The maximum absolute atomic E-state index is 8.84. The van der Waals surface area contributed by atoms with Crippen LogP contribution in [0.3, 0.4) is 0 Å². The lowest BCUT2D eigenvalue weighted by atomic mass is 10.2. The van der Waals surface area contributed by atoms with Crippen molar-refractivity contribution in [2.45, 2.75) is 13.0 Å². The Balaban J connectivity index is 1.79. The van der Waals surface area contributed by atoms with E-state index in [4.69, 9.17) is 22.2 Å². The van der Waals surface area contributed by atoms with Gasteiger partial charge < -0.3 is 15.0 Å². The van der Waals surface area contributed by atoms with Crippen molar-refractivity contribution in [1.82, 2.24) is 20.1 Å². The predicted octanol–water partition coefficient (Wildman–Crippen LogP) is 1.00. The predicted molar refractivity (Wildman–Crippen MR) is 92.7 cm³/mol. The average molecular weight is 333 g/mol. The van der Waals surface area contributed by atoms with Gasteiger partial charge in [-0.05, 0) is 23.8 Å². The van der Waals surface area contributed by atoms with Gasteiger partial charge in [0.1, 0.15) is 0 Å². The second kappa shape index (κ2) is 10.1. The number of ether oxygens (including phenoxy) is 1. The molecule has 1 aromatic heterocycles. The zero-order chi connectivity index (χ0) is 16.3. The lowest BCUT2D eigenvalue weighted by molar-refractivity contribution is 0.0388. The molecule has 0 radical (unpaired) electrons. The smallest absolute Gasteiger partial charge is 0.169 e. The van der Waals surface area contributed by atoms with E-state index in [1.807, 2.05) is 23.2 Å². The molecular weight excluding hydrogens is 310 g/mol. The molecule has 0 aromatic carbocycles. The van der Waals surface area contributed by atoms with Crippen molar-refractivity contribution < 1.29 is 4.74 Å². The van der Waals surface area contributed by atoms with Gasteiger partial charge in [0.15, 0.2) is 5.11 Å². The fraction of sp³-hybridized carbons (Fsp3) is 0.562. The maximum atomic E-state index is 8.84. The van der Waals surface area contributed by atoms with Crippen LogP contribution in [0.5, 0.6) is 0 Å². The summed E-state index contributed by atoms with van der Waals surface area (Å²) in [6.07, 6.45) is 4.03. The first-order chi connectivity index (χ1) is 11.3. The Kier molecular flexibility index (Phi) is 7.73. The molecule has 1 aromatic rings. The highest BCUT2D eigenvalue weighted by Crippen LogP contribution is 2.04. The van der Waals surface area contributed by atoms with Gasteiger partial charge in [0.05, 0.1) is 25.7 Å². The zero-order valence-corrected chi connectivity index (χ0v) is 14.1. The minimum atomic E-state index is 0.450. The van der Waals surface area contributed by atoms with Gasteiger partial charge in [-0.15, -0.1) is 0 Å². The summed E-state index contributed by atoms with van der Waals surface area (Å²) in [5.41, 5.74) is 1.09. The fourth-order valence-electron chi connectivity index (χ4n) is 2.41. The molecule has 1 aliphatic rings. The molecule has 1 fully saturated rings. The van der Waals surface area contributed by atoms with Crippen LogP contribution in [-0.2, 0) is 11.3 Å². The average Bonchev–Trinajstić information content (AvgIpc) is 2.60. The van der Waals surface area contributed by atoms with E-state index < -0.39 is 0 Å². The third-order valence-electron chi connectivity index (χ3n) is 3.68. The number of rotatable bonds is 7. The van der Waals surface area contributed by atoms with E-state index in [1.54, 1.807) is 6.20 Å². The highest BCUT2D eigenvalue weighted by molar-refractivity contribution is 7.80. The zero-order valence-electron chi connectivity index (χ0n) is 13.3. The number of nitrogens with zero attached hydrogens (tertiary/aromatic N) is 4. The Morgan fingerprint density at radius 2 is 2.30 bits per heavy atom. The monoisotopic (exact) mass is 333 g/mol. The van der Waals surface area contributed by atoms with Gasteiger partial charge in [0, 0.05) is 51.7 Å². The lowest BCUT2D eigenvalue weighted by Crippen LogP contribution is -2.45. The van der Waals surface area contributed by atoms with E-state index in [-0.39, 0.29) is 0 Å². The summed E-state index contributed by atoms with van der Waals surface area (Å²) in [5, 5.41) is 12.8. The molecule has 0 spiro atoms. The molecule has 0 saturated carbocycles. The van der Waals surface area contributed by atoms with Gasteiger partial charge in [0.25, 0.3) is 0 Å². The second-order valence-electron chi connectivity index (χ2n) is 5.38. The number of morpholine rings is 1. The summed E-state index contributed by atoms with van der Waals surface area (Å²) in [6.45, 7) is 6.59. The summed E-state index contributed by atoms with van der Waals surface area (Å²) in [7, 11) is 0.